The summed E-state index contributed by atoms with van der Waals surface area (Å²) in [5, 5.41) is 12.3. The quantitative estimate of drug-likeness (QED) is 0.818. The summed E-state index contributed by atoms with van der Waals surface area (Å²) in [5.41, 5.74) is 2.51. The number of fused-ring (bicyclic) bond motifs is 1. The van der Waals surface area contributed by atoms with Crippen LogP contribution in [0.25, 0.3) is 0 Å². The van der Waals surface area contributed by atoms with Crippen molar-refractivity contribution in [3.05, 3.63) is 17.6 Å². The number of nitrogens with zero attached hydrogens (tertiary/aromatic N) is 2. The van der Waals surface area contributed by atoms with Gasteiger partial charge in [-0.2, -0.15) is 0 Å². The van der Waals surface area contributed by atoms with E-state index in [1.54, 1.807) is 6.33 Å². The Kier molecular flexibility index (Phi) is 4.31. The molecule has 0 radical (unpaired) electrons. The number of aliphatic hydroxyl groups excluding tert-OH is 1. The van der Waals surface area contributed by atoms with E-state index in [0.717, 1.165) is 31.5 Å². The van der Waals surface area contributed by atoms with Crippen LogP contribution in [0.1, 0.15) is 43.9 Å². The number of hydrogen-bond donors (Lipinski definition) is 2. The van der Waals surface area contributed by atoms with E-state index < -0.39 is 0 Å². The number of aryl methyl sites for hydroxylation is 1. The van der Waals surface area contributed by atoms with Crippen molar-refractivity contribution < 1.29 is 5.11 Å². The fourth-order valence-electron chi connectivity index (χ4n) is 2.35. The molecular weight excluding hydrogens is 214 g/mol. The van der Waals surface area contributed by atoms with Crippen molar-refractivity contribution in [3.63, 3.8) is 0 Å². The Morgan fingerprint density at radius 1 is 1.35 bits per heavy atom. The van der Waals surface area contributed by atoms with Crippen LogP contribution in [0, 0.1) is 0 Å². The van der Waals surface area contributed by atoms with E-state index in [0.29, 0.717) is 6.04 Å². The van der Waals surface area contributed by atoms with Crippen LogP contribution in [-0.2, 0) is 12.8 Å². The molecule has 0 spiro atoms. The highest BCUT2D eigenvalue weighted by Gasteiger charge is 2.16. The van der Waals surface area contributed by atoms with E-state index in [9.17, 15) is 0 Å². The summed E-state index contributed by atoms with van der Waals surface area (Å²) in [7, 11) is 0. The number of anilines is 1. The summed E-state index contributed by atoms with van der Waals surface area (Å²) in [6, 6.07) is 0.350. The Balaban J connectivity index is 2.05. The number of nitrogens with one attached hydrogen (secondary N) is 1. The first-order chi connectivity index (χ1) is 8.31. The minimum Gasteiger partial charge on any atom is -0.396 e. The number of aromatic nitrogens is 2. The average Bonchev–Trinajstić information content (AvgIpc) is 2.37. The lowest BCUT2D eigenvalue weighted by Gasteiger charge is -2.20. The van der Waals surface area contributed by atoms with Gasteiger partial charge in [0.05, 0.1) is 0 Å². The van der Waals surface area contributed by atoms with Crippen molar-refractivity contribution in [2.75, 3.05) is 11.9 Å². The Morgan fingerprint density at radius 2 is 2.18 bits per heavy atom. The highest BCUT2D eigenvalue weighted by Crippen LogP contribution is 2.25. The SMILES string of the molecule is CC(CCCO)Nc1ncnc2c1CCCC2. The third kappa shape index (κ3) is 3.16. The fraction of sp³-hybridized carbons (Fsp3) is 0.692. The fourth-order valence-corrected chi connectivity index (χ4v) is 2.35. The zero-order chi connectivity index (χ0) is 12.1. The van der Waals surface area contributed by atoms with Crippen molar-refractivity contribution in [3.8, 4) is 0 Å². The summed E-state index contributed by atoms with van der Waals surface area (Å²) >= 11 is 0. The van der Waals surface area contributed by atoms with Gasteiger partial charge in [-0.05, 0) is 45.4 Å². The molecule has 0 bridgehead atoms. The van der Waals surface area contributed by atoms with Crippen LogP contribution in [0.2, 0.25) is 0 Å². The van der Waals surface area contributed by atoms with Gasteiger partial charge in [-0.25, -0.2) is 9.97 Å². The van der Waals surface area contributed by atoms with Crippen molar-refractivity contribution in [2.24, 2.45) is 0 Å². The normalized spacial score (nSPS) is 16.4. The van der Waals surface area contributed by atoms with E-state index in [-0.39, 0.29) is 6.61 Å². The van der Waals surface area contributed by atoms with Gasteiger partial charge in [-0.15, -0.1) is 0 Å². The van der Waals surface area contributed by atoms with Crippen molar-refractivity contribution in [2.45, 2.75) is 51.5 Å². The second-order valence-electron chi connectivity index (χ2n) is 4.77. The largest absolute Gasteiger partial charge is 0.396 e. The molecule has 0 aromatic carbocycles. The summed E-state index contributed by atoms with van der Waals surface area (Å²) in [6.07, 6.45) is 8.11. The number of aliphatic hydroxyl groups is 1. The minimum absolute atomic E-state index is 0.258. The molecule has 17 heavy (non-hydrogen) atoms. The Bertz CT molecular complexity index is 368. The van der Waals surface area contributed by atoms with Gasteiger partial charge in [0.15, 0.2) is 0 Å². The summed E-state index contributed by atoms with van der Waals surface area (Å²) in [4.78, 5) is 8.71. The maximum absolute atomic E-state index is 8.82. The van der Waals surface area contributed by atoms with Crippen LogP contribution >= 0.6 is 0 Å². The van der Waals surface area contributed by atoms with Crippen LogP contribution in [0.3, 0.4) is 0 Å². The molecule has 1 atom stereocenters. The smallest absolute Gasteiger partial charge is 0.133 e. The molecule has 0 aliphatic heterocycles. The third-order valence-corrected chi connectivity index (χ3v) is 3.30. The van der Waals surface area contributed by atoms with Crippen molar-refractivity contribution in [1.29, 1.82) is 0 Å². The molecule has 1 heterocycles. The van der Waals surface area contributed by atoms with Gasteiger partial charge in [0.1, 0.15) is 12.1 Å². The Hall–Kier alpha value is -1.16. The van der Waals surface area contributed by atoms with Gasteiger partial charge in [-0.1, -0.05) is 0 Å². The van der Waals surface area contributed by atoms with Crippen molar-refractivity contribution >= 4 is 5.82 Å². The predicted octanol–water partition coefficient (Wildman–Crippen LogP) is 1.93. The van der Waals surface area contributed by atoms with Gasteiger partial charge < -0.3 is 10.4 Å². The lowest BCUT2D eigenvalue weighted by molar-refractivity contribution is 0.282. The van der Waals surface area contributed by atoms with E-state index in [1.807, 2.05) is 0 Å². The zero-order valence-electron chi connectivity index (χ0n) is 10.4. The highest BCUT2D eigenvalue weighted by molar-refractivity contribution is 5.47. The van der Waals surface area contributed by atoms with E-state index >= 15 is 0 Å². The molecule has 0 saturated heterocycles. The van der Waals surface area contributed by atoms with Crippen LogP contribution in [0.15, 0.2) is 6.33 Å². The van der Waals surface area contributed by atoms with Crippen LogP contribution in [0.4, 0.5) is 5.82 Å². The van der Waals surface area contributed by atoms with Crippen LogP contribution < -0.4 is 5.32 Å². The van der Waals surface area contributed by atoms with E-state index in [2.05, 4.69) is 22.2 Å². The number of rotatable bonds is 5. The lowest BCUT2D eigenvalue weighted by Crippen LogP contribution is -2.19. The standard InChI is InChI=1S/C13H21N3O/c1-10(5-4-8-17)16-13-11-6-2-3-7-12(11)14-9-15-13/h9-10,17H,2-8H2,1H3,(H,14,15,16). The molecular formula is C13H21N3O. The highest BCUT2D eigenvalue weighted by atomic mass is 16.2. The first-order valence-electron chi connectivity index (χ1n) is 6.51. The topological polar surface area (TPSA) is 58.0 Å². The molecule has 1 aromatic heterocycles. The van der Waals surface area contributed by atoms with Crippen molar-refractivity contribution in [1.82, 2.24) is 9.97 Å². The second kappa shape index (κ2) is 5.96. The van der Waals surface area contributed by atoms with Crippen LogP contribution in [-0.4, -0.2) is 27.7 Å². The summed E-state index contributed by atoms with van der Waals surface area (Å²) < 4.78 is 0. The summed E-state index contributed by atoms with van der Waals surface area (Å²) in [6.45, 7) is 2.39. The zero-order valence-corrected chi connectivity index (χ0v) is 10.4. The maximum atomic E-state index is 8.82. The van der Waals surface area contributed by atoms with Gasteiger partial charge in [0.2, 0.25) is 0 Å². The molecule has 0 amide bonds. The van der Waals surface area contributed by atoms with Gasteiger partial charge >= 0.3 is 0 Å². The molecule has 4 nitrogen and oxygen atoms in total. The monoisotopic (exact) mass is 235 g/mol. The van der Waals surface area contributed by atoms with E-state index in [1.165, 1.54) is 24.1 Å². The summed E-state index contributed by atoms with van der Waals surface area (Å²) in [5.74, 6) is 1.00. The first kappa shape index (κ1) is 12.3. The molecule has 2 rings (SSSR count). The lowest BCUT2D eigenvalue weighted by atomic mass is 9.96. The Morgan fingerprint density at radius 3 is 3.00 bits per heavy atom. The number of hydrogen-bond acceptors (Lipinski definition) is 4. The molecule has 1 unspecified atom stereocenters. The molecule has 2 N–H and O–H groups in total. The Labute approximate surface area is 102 Å². The molecule has 4 heteroatoms. The van der Waals surface area contributed by atoms with E-state index in [4.69, 9.17) is 5.11 Å². The molecule has 1 aliphatic carbocycles. The second-order valence-corrected chi connectivity index (χ2v) is 4.77. The molecule has 0 fully saturated rings. The predicted molar refractivity (Wildman–Crippen MR) is 68.1 cm³/mol. The molecule has 94 valence electrons. The first-order valence-corrected chi connectivity index (χ1v) is 6.51. The molecule has 1 aliphatic rings. The maximum Gasteiger partial charge on any atom is 0.133 e. The average molecular weight is 235 g/mol. The van der Waals surface area contributed by atoms with Crippen LogP contribution in [0.5, 0.6) is 0 Å². The third-order valence-electron chi connectivity index (χ3n) is 3.30. The minimum atomic E-state index is 0.258. The van der Waals surface area contributed by atoms with Gasteiger partial charge in [0, 0.05) is 23.9 Å². The molecule has 0 saturated carbocycles. The van der Waals surface area contributed by atoms with Gasteiger partial charge in [-0.3, -0.25) is 0 Å². The molecule has 1 aromatic rings. The van der Waals surface area contributed by atoms with Gasteiger partial charge in [0.25, 0.3) is 0 Å².